The molecule has 19 heavy (non-hydrogen) atoms. The van der Waals surface area contributed by atoms with Crippen LogP contribution in [0.15, 0.2) is 0 Å². The third-order valence-corrected chi connectivity index (χ3v) is 3.82. The molecule has 0 aromatic heterocycles. The van der Waals surface area contributed by atoms with E-state index < -0.39 is 0 Å². The van der Waals surface area contributed by atoms with Gasteiger partial charge in [0.15, 0.2) is 0 Å². The topological polar surface area (TPSA) is 49.4 Å². The minimum Gasteiger partial charge on any atom is -0.353 e. The Balaban J connectivity index is 2.34. The minimum atomic E-state index is 0.0655. The average Bonchev–Trinajstić information content (AvgIpc) is 2.38. The van der Waals surface area contributed by atoms with E-state index in [-0.39, 0.29) is 29.7 Å². The second-order valence-electron chi connectivity index (χ2n) is 5.95. The monoisotopic (exact) mass is 268 g/mol. The first-order chi connectivity index (χ1) is 8.95. The maximum absolute atomic E-state index is 11.9. The Kier molecular flexibility index (Phi) is 6.32. The fourth-order valence-corrected chi connectivity index (χ4v) is 2.52. The summed E-state index contributed by atoms with van der Waals surface area (Å²) in [5, 5.41) is 3.12. The molecule has 0 aromatic carbocycles. The maximum Gasteiger partial charge on any atom is 0.225 e. The highest BCUT2D eigenvalue weighted by Gasteiger charge is 2.25. The van der Waals surface area contributed by atoms with E-state index in [1.807, 2.05) is 25.7 Å². The van der Waals surface area contributed by atoms with E-state index >= 15 is 0 Å². The Hall–Kier alpha value is -1.06. The largest absolute Gasteiger partial charge is 0.353 e. The fraction of sp³-hybridized carbons (Fsp3) is 0.867. The predicted molar refractivity (Wildman–Crippen MR) is 76.7 cm³/mol. The summed E-state index contributed by atoms with van der Waals surface area (Å²) in [6, 6.07) is 0.239. The average molecular weight is 268 g/mol. The van der Waals surface area contributed by atoms with E-state index in [9.17, 15) is 9.59 Å². The molecule has 0 bridgehead atoms. The van der Waals surface area contributed by atoms with Gasteiger partial charge in [0.1, 0.15) is 0 Å². The first-order valence-corrected chi connectivity index (χ1v) is 7.54. The van der Waals surface area contributed by atoms with Crippen molar-refractivity contribution in [1.82, 2.24) is 10.2 Å². The van der Waals surface area contributed by atoms with Crippen molar-refractivity contribution in [2.45, 2.75) is 59.4 Å². The van der Waals surface area contributed by atoms with Crippen LogP contribution >= 0.6 is 0 Å². The van der Waals surface area contributed by atoms with Crippen LogP contribution in [0.5, 0.6) is 0 Å². The molecule has 1 unspecified atom stereocenters. The van der Waals surface area contributed by atoms with E-state index in [4.69, 9.17) is 0 Å². The molecule has 1 saturated heterocycles. The van der Waals surface area contributed by atoms with Crippen molar-refractivity contribution >= 4 is 11.8 Å². The second-order valence-corrected chi connectivity index (χ2v) is 5.95. The Bertz CT molecular complexity index is 307. The summed E-state index contributed by atoms with van der Waals surface area (Å²) in [4.78, 5) is 25.7. The highest BCUT2D eigenvalue weighted by molar-refractivity contribution is 5.79. The van der Waals surface area contributed by atoms with Crippen LogP contribution in [0.4, 0.5) is 0 Å². The minimum absolute atomic E-state index is 0.0655. The van der Waals surface area contributed by atoms with Crippen molar-refractivity contribution in [3.05, 3.63) is 0 Å². The van der Waals surface area contributed by atoms with Gasteiger partial charge in [0, 0.05) is 31.0 Å². The lowest BCUT2D eigenvalue weighted by Crippen LogP contribution is -2.48. The smallest absolute Gasteiger partial charge is 0.225 e. The zero-order chi connectivity index (χ0) is 14.4. The number of hydrogen-bond acceptors (Lipinski definition) is 2. The molecule has 1 N–H and O–H groups in total. The van der Waals surface area contributed by atoms with Crippen LogP contribution in [0.2, 0.25) is 0 Å². The van der Waals surface area contributed by atoms with Crippen molar-refractivity contribution < 1.29 is 9.59 Å². The molecule has 1 aliphatic heterocycles. The molecular weight excluding hydrogens is 240 g/mol. The molecular formula is C15H28N2O2. The second kappa shape index (κ2) is 7.51. The lowest BCUT2D eigenvalue weighted by molar-refractivity contribution is -0.135. The van der Waals surface area contributed by atoms with Crippen LogP contribution in [0.25, 0.3) is 0 Å². The number of hydrogen-bond donors (Lipinski definition) is 1. The van der Waals surface area contributed by atoms with Crippen LogP contribution in [0, 0.1) is 11.8 Å². The highest BCUT2D eigenvalue weighted by atomic mass is 16.2. The summed E-state index contributed by atoms with van der Waals surface area (Å²) in [6.07, 6.45) is 3.73. The molecule has 1 fully saturated rings. The molecule has 0 saturated carbocycles. The van der Waals surface area contributed by atoms with Gasteiger partial charge in [0.05, 0.1) is 0 Å². The van der Waals surface area contributed by atoms with Crippen molar-refractivity contribution in [3.8, 4) is 0 Å². The van der Waals surface area contributed by atoms with Crippen molar-refractivity contribution in [3.63, 3.8) is 0 Å². The number of likely N-dealkylation sites (tertiary alicyclic amines) is 1. The summed E-state index contributed by atoms with van der Waals surface area (Å²) < 4.78 is 0. The third-order valence-electron chi connectivity index (χ3n) is 3.82. The first kappa shape index (κ1) is 16.0. The quantitative estimate of drug-likeness (QED) is 0.831. The van der Waals surface area contributed by atoms with Gasteiger partial charge in [-0.05, 0) is 19.3 Å². The maximum atomic E-state index is 11.9. The molecule has 1 heterocycles. The normalized spacial score (nSPS) is 18.5. The lowest BCUT2D eigenvalue weighted by atomic mass is 10.0. The van der Waals surface area contributed by atoms with Gasteiger partial charge in [0.25, 0.3) is 0 Å². The van der Waals surface area contributed by atoms with Gasteiger partial charge in [0.2, 0.25) is 11.8 Å². The zero-order valence-corrected chi connectivity index (χ0v) is 12.7. The first-order valence-electron chi connectivity index (χ1n) is 7.54. The highest BCUT2D eigenvalue weighted by Crippen LogP contribution is 2.14. The van der Waals surface area contributed by atoms with E-state index in [0.29, 0.717) is 0 Å². The summed E-state index contributed by atoms with van der Waals surface area (Å²) in [7, 11) is 0. The van der Waals surface area contributed by atoms with Crippen molar-refractivity contribution in [2.24, 2.45) is 11.8 Å². The Morgan fingerprint density at radius 2 is 1.79 bits per heavy atom. The summed E-state index contributed by atoms with van der Waals surface area (Å²) >= 11 is 0. The molecule has 0 aromatic rings. The van der Waals surface area contributed by atoms with Gasteiger partial charge >= 0.3 is 0 Å². The van der Waals surface area contributed by atoms with Crippen LogP contribution in [0.3, 0.4) is 0 Å². The number of nitrogens with zero attached hydrogens (tertiary/aromatic N) is 1. The van der Waals surface area contributed by atoms with E-state index in [0.717, 1.165) is 38.8 Å². The molecule has 1 aliphatic rings. The molecule has 4 nitrogen and oxygen atoms in total. The number of carbonyl (C=O) groups is 2. The van der Waals surface area contributed by atoms with Crippen LogP contribution in [-0.4, -0.2) is 35.8 Å². The van der Waals surface area contributed by atoms with Gasteiger partial charge in [-0.25, -0.2) is 0 Å². The zero-order valence-electron chi connectivity index (χ0n) is 12.7. The number of piperidine rings is 1. The van der Waals surface area contributed by atoms with E-state index in [1.54, 1.807) is 0 Å². The van der Waals surface area contributed by atoms with Crippen LogP contribution in [0.1, 0.15) is 53.4 Å². The van der Waals surface area contributed by atoms with Gasteiger partial charge in [-0.2, -0.15) is 0 Å². The molecule has 1 atom stereocenters. The van der Waals surface area contributed by atoms with Crippen LogP contribution < -0.4 is 5.32 Å². The molecule has 4 heteroatoms. The fourth-order valence-electron chi connectivity index (χ4n) is 2.52. The van der Waals surface area contributed by atoms with Gasteiger partial charge < -0.3 is 10.2 Å². The lowest BCUT2D eigenvalue weighted by Gasteiger charge is -2.33. The standard InChI is InChI=1S/C15H28N2O2/c1-5-6-12(4)14(18)16-13-7-9-17(10-8-13)15(19)11(2)3/h11-13H,5-10H2,1-4H3,(H,16,18). The van der Waals surface area contributed by atoms with Gasteiger partial charge in [-0.1, -0.05) is 34.1 Å². The molecule has 0 spiro atoms. The van der Waals surface area contributed by atoms with E-state index in [2.05, 4.69) is 12.2 Å². The van der Waals surface area contributed by atoms with Crippen LogP contribution in [-0.2, 0) is 9.59 Å². The molecule has 2 amide bonds. The Morgan fingerprint density at radius 1 is 1.21 bits per heavy atom. The molecule has 110 valence electrons. The Labute approximate surface area is 116 Å². The number of nitrogens with one attached hydrogen (secondary N) is 1. The van der Waals surface area contributed by atoms with Crippen molar-refractivity contribution in [1.29, 1.82) is 0 Å². The molecule has 0 radical (unpaired) electrons. The predicted octanol–water partition coefficient (Wildman–Crippen LogP) is 2.19. The van der Waals surface area contributed by atoms with Gasteiger partial charge in [-0.3, -0.25) is 9.59 Å². The number of amides is 2. The molecule has 0 aliphatic carbocycles. The van der Waals surface area contributed by atoms with Gasteiger partial charge in [-0.15, -0.1) is 0 Å². The summed E-state index contributed by atoms with van der Waals surface area (Å²) in [6.45, 7) is 9.48. The Morgan fingerprint density at radius 3 is 2.26 bits per heavy atom. The van der Waals surface area contributed by atoms with E-state index in [1.165, 1.54) is 0 Å². The van der Waals surface area contributed by atoms with Crippen molar-refractivity contribution in [2.75, 3.05) is 13.1 Å². The number of carbonyl (C=O) groups excluding carboxylic acids is 2. The third kappa shape index (κ3) is 4.84. The summed E-state index contributed by atoms with van der Waals surface area (Å²) in [5.41, 5.74) is 0. The number of rotatable bonds is 5. The molecule has 1 rings (SSSR count). The summed E-state index contributed by atoms with van der Waals surface area (Å²) in [5.74, 6) is 0.552. The SMILES string of the molecule is CCCC(C)C(=O)NC1CCN(C(=O)C(C)C)CC1.